The zero-order valence-electron chi connectivity index (χ0n) is 16.4. The molecule has 3 aromatic rings. The van der Waals surface area contributed by atoms with Crippen LogP contribution in [0, 0.1) is 5.92 Å². The number of hydrogen-bond acceptors (Lipinski definition) is 5. The van der Waals surface area contributed by atoms with E-state index >= 15 is 0 Å². The number of ether oxygens (including phenoxy) is 2. The number of carbonyl (C=O) groups is 2. The number of hydrogen-bond donors (Lipinski definition) is 1. The van der Waals surface area contributed by atoms with E-state index in [9.17, 15) is 9.59 Å². The van der Waals surface area contributed by atoms with Crippen LogP contribution in [0.1, 0.15) is 31.9 Å². The van der Waals surface area contributed by atoms with Gasteiger partial charge in [-0.15, -0.1) is 0 Å². The smallest absolute Gasteiger partial charge is 0.321 e. The van der Waals surface area contributed by atoms with Crippen molar-refractivity contribution < 1.29 is 19.1 Å². The maximum absolute atomic E-state index is 12.9. The van der Waals surface area contributed by atoms with Gasteiger partial charge in [-0.2, -0.15) is 0 Å². The van der Waals surface area contributed by atoms with Gasteiger partial charge in [0.15, 0.2) is 5.92 Å². The summed E-state index contributed by atoms with van der Waals surface area (Å²) >= 11 is 0. The lowest BCUT2D eigenvalue weighted by atomic mass is 9.90. The molecular formula is C22H23N3O4. The van der Waals surface area contributed by atoms with E-state index in [0.717, 1.165) is 28.8 Å². The van der Waals surface area contributed by atoms with Gasteiger partial charge in [0.05, 0.1) is 30.3 Å². The van der Waals surface area contributed by atoms with Gasteiger partial charge in [0, 0.05) is 0 Å². The molecule has 0 bridgehead atoms. The number of rotatable bonds is 6. The van der Waals surface area contributed by atoms with E-state index < -0.39 is 23.8 Å². The summed E-state index contributed by atoms with van der Waals surface area (Å²) in [5, 5.41) is 2.77. The van der Waals surface area contributed by atoms with Crippen molar-refractivity contribution in [3.05, 3.63) is 54.1 Å². The second kappa shape index (κ2) is 7.95. The number of nitrogens with one attached hydrogen (secondary N) is 1. The van der Waals surface area contributed by atoms with E-state index in [4.69, 9.17) is 9.47 Å². The number of benzene rings is 2. The normalized spacial score (nSPS) is 18.2. The number of para-hydroxylation sites is 2. The monoisotopic (exact) mass is 393 g/mol. The number of imidazole rings is 1. The van der Waals surface area contributed by atoms with Gasteiger partial charge in [-0.3, -0.25) is 14.9 Å². The Kier molecular flexibility index (Phi) is 5.20. The fourth-order valence-electron chi connectivity index (χ4n) is 3.69. The first-order valence-electron chi connectivity index (χ1n) is 9.81. The Morgan fingerprint density at radius 1 is 1.14 bits per heavy atom. The molecule has 1 aliphatic heterocycles. The predicted molar refractivity (Wildman–Crippen MR) is 109 cm³/mol. The van der Waals surface area contributed by atoms with Crippen LogP contribution in [-0.4, -0.2) is 34.6 Å². The summed E-state index contributed by atoms with van der Waals surface area (Å²) in [5.74, 6) is -0.804. The maximum atomic E-state index is 12.9. The molecule has 0 radical (unpaired) electrons. The van der Waals surface area contributed by atoms with Crippen molar-refractivity contribution in [2.75, 3.05) is 18.5 Å². The molecule has 29 heavy (non-hydrogen) atoms. The molecule has 4 rings (SSSR count). The highest BCUT2D eigenvalue weighted by molar-refractivity contribution is 6.07. The largest absolute Gasteiger partial charge is 0.494 e. The topological polar surface area (TPSA) is 82.4 Å². The van der Waals surface area contributed by atoms with Gasteiger partial charge in [0.1, 0.15) is 5.75 Å². The third-order valence-electron chi connectivity index (χ3n) is 4.94. The van der Waals surface area contributed by atoms with Crippen LogP contribution in [-0.2, 0) is 14.3 Å². The number of amides is 1. The third kappa shape index (κ3) is 3.44. The van der Waals surface area contributed by atoms with E-state index in [1.54, 1.807) is 6.92 Å². The summed E-state index contributed by atoms with van der Waals surface area (Å²) in [7, 11) is 0. The van der Waals surface area contributed by atoms with Crippen molar-refractivity contribution in [1.29, 1.82) is 0 Å². The Morgan fingerprint density at radius 2 is 1.90 bits per heavy atom. The lowest BCUT2D eigenvalue weighted by Gasteiger charge is -2.32. The summed E-state index contributed by atoms with van der Waals surface area (Å²) in [5.41, 5.74) is 2.40. The van der Waals surface area contributed by atoms with Gasteiger partial charge >= 0.3 is 5.97 Å². The third-order valence-corrected chi connectivity index (χ3v) is 4.94. The van der Waals surface area contributed by atoms with E-state index in [1.165, 1.54) is 0 Å². The predicted octanol–water partition coefficient (Wildman–Crippen LogP) is 3.55. The zero-order valence-corrected chi connectivity index (χ0v) is 16.4. The Morgan fingerprint density at radius 3 is 2.62 bits per heavy atom. The molecule has 0 unspecified atom stereocenters. The standard InChI is InChI=1S/C22H23N3O4/c1-3-13-29-15-11-9-14(10-12-15)19-18(21(27)28-4-2)20(26)24-22-23-16-7-5-6-8-17(16)25(19)22/h5-12,18-19H,3-4,13H2,1-2H3,(H,23,24,26)/t18-,19-/m1/s1. The van der Waals surface area contributed by atoms with Crippen LogP contribution < -0.4 is 10.1 Å². The molecule has 0 spiro atoms. The van der Waals surface area contributed by atoms with Crippen LogP contribution in [0.2, 0.25) is 0 Å². The van der Waals surface area contributed by atoms with E-state index in [-0.39, 0.29) is 6.61 Å². The number of carbonyl (C=O) groups excluding carboxylic acids is 2. The van der Waals surface area contributed by atoms with Gasteiger partial charge in [0.2, 0.25) is 11.9 Å². The zero-order chi connectivity index (χ0) is 20.4. The van der Waals surface area contributed by atoms with Crippen molar-refractivity contribution >= 4 is 28.9 Å². The summed E-state index contributed by atoms with van der Waals surface area (Å²) in [6.07, 6.45) is 0.917. The van der Waals surface area contributed by atoms with E-state index in [2.05, 4.69) is 10.3 Å². The number of fused-ring (bicyclic) bond motifs is 3. The first kappa shape index (κ1) is 19.0. The summed E-state index contributed by atoms with van der Waals surface area (Å²) in [6.45, 7) is 4.61. The molecule has 2 aromatic carbocycles. The Balaban J connectivity index is 1.84. The van der Waals surface area contributed by atoms with Crippen LogP contribution in [0.5, 0.6) is 5.75 Å². The Labute approximate surface area is 168 Å². The van der Waals surface area contributed by atoms with Crippen LogP contribution in [0.25, 0.3) is 11.0 Å². The molecule has 1 N–H and O–H groups in total. The van der Waals surface area contributed by atoms with Crippen molar-refractivity contribution in [2.24, 2.45) is 5.92 Å². The van der Waals surface area contributed by atoms with Crippen molar-refractivity contribution in [2.45, 2.75) is 26.3 Å². The number of esters is 1. The van der Waals surface area contributed by atoms with E-state index in [0.29, 0.717) is 12.6 Å². The molecule has 0 fully saturated rings. The Hall–Kier alpha value is -3.35. The molecule has 7 heteroatoms. The van der Waals surface area contributed by atoms with Crippen LogP contribution in [0.15, 0.2) is 48.5 Å². The lowest BCUT2D eigenvalue weighted by Crippen LogP contribution is -2.43. The van der Waals surface area contributed by atoms with Crippen molar-refractivity contribution in [3.8, 4) is 5.75 Å². The second-order valence-electron chi connectivity index (χ2n) is 6.88. The fraction of sp³-hybridized carbons (Fsp3) is 0.318. The Bertz CT molecular complexity index is 1040. The highest BCUT2D eigenvalue weighted by atomic mass is 16.5. The number of anilines is 1. The SMILES string of the molecule is CCCOc1ccc([C@@H]2[C@@H](C(=O)OCC)C(=O)Nc3nc4ccccc4n32)cc1. The first-order valence-corrected chi connectivity index (χ1v) is 9.81. The average molecular weight is 393 g/mol. The molecule has 0 saturated carbocycles. The van der Waals surface area contributed by atoms with E-state index in [1.807, 2.05) is 60.0 Å². The lowest BCUT2D eigenvalue weighted by molar-refractivity contribution is -0.152. The second-order valence-corrected chi connectivity index (χ2v) is 6.88. The highest BCUT2D eigenvalue weighted by Crippen LogP contribution is 2.39. The first-order chi connectivity index (χ1) is 14.1. The minimum Gasteiger partial charge on any atom is -0.494 e. The molecule has 1 aromatic heterocycles. The van der Waals surface area contributed by atoms with Gasteiger partial charge in [-0.1, -0.05) is 31.2 Å². The van der Waals surface area contributed by atoms with Crippen molar-refractivity contribution in [3.63, 3.8) is 0 Å². The number of nitrogens with zero attached hydrogens (tertiary/aromatic N) is 2. The fourth-order valence-corrected chi connectivity index (χ4v) is 3.69. The summed E-state index contributed by atoms with van der Waals surface area (Å²) in [4.78, 5) is 30.1. The molecular weight excluding hydrogens is 370 g/mol. The highest BCUT2D eigenvalue weighted by Gasteiger charge is 2.44. The number of aromatic nitrogens is 2. The van der Waals surface area contributed by atoms with Crippen LogP contribution >= 0.6 is 0 Å². The minimum atomic E-state index is -1.01. The molecule has 1 amide bonds. The molecule has 0 aliphatic carbocycles. The van der Waals surface area contributed by atoms with Crippen molar-refractivity contribution in [1.82, 2.24) is 9.55 Å². The van der Waals surface area contributed by atoms with Crippen LogP contribution in [0.3, 0.4) is 0 Å². The quantitative estimate of drug-likeness (QED) is 0.512. The van der Waals surface area contributed by atoms with Crippen LogP contribution in [0.4, 0.5) is 5.95 Å². The van der Waals surface area contributed by atoms with Gasteiger partial charge < -0.3 is 14.0 Å². The van der Waals surface area contributed by atoms with Gasteiger partial charge in [-0.05, 0) is 43.2 Å². The maximum Gasteiger partial charge on any atom is 0.321 e. The van der Waals surface area contributed by atoms with Gasteiger partial charge in [0.25, 0.3) is 0 Å². The summed E-state index contributed by atoms with van der Waals surface area (Å²) < 4.78 is 12.8. The molecule has 1 aliphatic rings. The molecule has 150 valence electrons. The molecule has 7 nitrogen and oxygen atoms in total. The molecule has 2 atom stereocenters. The summed E-state index contributed by atoms with van der Waals surface area (Å²) in [6, 6.07) is 14.5. The molecule has 0 saturated heterocycles. The van der Waals surface area contributed by atoms with Gasteiger partial charge in [-0.25, -0.2) is 4.98 Å². The molecule has 2 heterocycles. The average Bonchev–Trinajstić information content (AvgIpc) is 3.09. The minimum absolute atomic E-state index is 0.205.